The van der Waals surface area contributed by atoms with Gasteiger partial charge >= 0.3 is 0 Å². The molecule has 0 aliphatic heterocycles. The molecule has 1 amide bonds. The first-order chi connectivity index (χ1) is 17.5. The molecule has 3 aromatic carbocycles. The van der Waals surface area contributed by atoms with Gasteiger partial charge in [-0.05, 0) is 74.5 Å². The fraction of sp³-hybridized carbons (Fsp3) is 0.0833. The lowest BCUT2D eigenvalue weighted by molar-refractivity contribution is 0.102. The van der Waals surface area contributed by atoms with Gasteiger partial charge in [0.25, 0.3) is 26.0 Å². The number of amides is 1. The SMILES string of the molecule is Cc1noc(NS(=O)(=O)c2ccc(NC(=O)c3ccccc3NS(=O)(=O)c3ccc(Br)cc3)cc2)c1C. The van der Waals surface area contributed by atoms with E-state index in [0.717, 1.165) is 4.47 Å². The van der Waals surface area contributed by atoms with Crippen LogP contribution in [0.15, 0.2) is 91.6 Å². The first kappa shape index (κ1) is 26.4. The zero-order chi connectivity index (χ0) is 26.8. The van der Waals surface area contributed by atoms with Gasteiger partial charge in [-0.3, -0.25) is 9.52 Å². The fourth-order valence-corrected chi connectivity index (χ4v) is 5.59. The highest BCUT2D eigenvalue weighted by molar-refractivity contribution is 9.10. The Morgan fingerprint density at radius 2 is 1.38 bits per heavy atom. The van der Waals surface area contributed by atoms with Gasteiger partial charge in [0.1, 0.15) is 0 Å². The number of benzene rings is 3. The Bertz CT molecular complexity index is 1670. The van der Waals surface area contributed by atoms with Crippen molar-refractivity contribution in [1.82, 2.24) is 5.16 Å². The molecule has 0 saturated carbocycles. The van der Waals surface area contributed by atoms with Crippen molar-refractivity contribution in [3.63, 3.8) is 0 Å². The Labute approximate surface area is 222 Å². The molecular weight excluding hydrogens is 584 g/mol. The van der Waals surface area contributed by atoms with Gasteiger partial charge in [0, 0.05) is 15.7 Å². The topological polar surface area (TPSA) is 147 Å². The van der Waals surface area contributed by atoms with E-state index in [0.29, 0.717) is 16.9 Å². The third kappa shape index (κ3) is 6.01. The van der Waals surface area contributed by atoms with Crippen LogP contribution in [0.5, 0.6) is 0 Å². The number of rotatable bonds is 8. The summed E-state index contributed by atoms with van der Waals surface area (Å²) in [5, 5.41) is 6.37. The number of hydrogen-bond donors (Lipinski definition) is 3. The molecular formula is C24H21BrN4O6S2. The molecule has 0 atom stereocenters. The van der Waals surface area contributed by atoms with Crippen LogP contribution in [0.4, 0.5) is 17.3 Å². The van der Waals surface area contributed by atoms with Crippen LogP contribution in [0, 0.1) is 13.8 Å². The summed E-state index contributed by atoms with van der Waals surface area (Å²) in [5.41, 5.74) is 1.61. The third-order valence-corrected chi connectivity index (χ3v) is 8.60. The van der Waals surface area contributed by atoms with Crippen molar-refractivity contribution in [2.75, 3.05) is 14.8 Å². The molecule has 0 aliphatic rings. The lowest BCUT2D eigenvalue weighted by Crippen LogP contribution is -2.18. The molecule has 1 aromatic heterocycles. The zero-order valence-corrected chi connectivity index (χ0v) is 22.7. The molecule has 0 radical (unpaired) electrons. The van der Waals surface area contributed by atoms with Crippen molar-refractivity contribution in [3.05, 3.63) is 94.1 Å². The summed E-state index contributed by atoms with van der Waals surface area (Å²) in [5.74, 6) is -0.562. The second-order valence-corrected chi connectivity index (χ2v) is 12.2. The van der Waals surface area contributed by atoms with E-state index < -0.39 is 26.0 Å². The predicted molar refractivity (Wildman–Crippen MR) is 143 cm³/mol. The smallest absolute Gasteiger partial charge is 0.264 e. The maximum Gasteiger partial charge on any atom is 0.264 e. The summed E-state index contributed by atoms with van der Waals surface area (Å²) in [6.07, 6.45) is 0. The van der Waals surface area contributed by atoms with Gasteiger partial charge in [-0.1, -0.05) is 33.2 Å². The monoisotopic (exact) mass is 604 g/mol. The van der Waals surface area contributed by atoms with E-state index >= 15 is 0 Å². The molecule has 4 rings (SSSR count). The van der Waals surface area contributed by atoms with Gasteiger partial charge in [-0.15, -0.1) is 0 Å². The minimum Gasteiger partial charge on any atom is -0.337 e. The van der Waals surface area contributed by atoms with E-state index in [2.05, 4.69) is 35.8 Å². The number of hydrogen-bond acceptors (Lipinski definition) is 7. The van der Waals surface area contributed by atoms with Gasteiger partial charge in [0.05, 0.1) is 26.7 Å². The number of carbonyl (C=O) groups excluding carboxylic acids is 1. The maximum absolute atomic E-state index is 13.0. The molecule has 0 bridgehead atoms. The van der Waals surface area contributed by atoms with Gasteiger partial charge < -0.3 is 9.84 Å². The number of para-hydroxylation sites is 1. The second kappa shape index (κ2) is 10.4. The normalized spacial score (nSPS) is 11.6. The van der Waals surface area contributed by atoms with Crippen LogP contribution in [-0.4, -0.2) is 27.9 Å². The first-order valence-electron chi connectivity index (χ1n) is 10.7. The van der Waals surface area contributed by atoms with E-state index in [9.17, 15) is 21.6 Å². The lowest BCUT2D eigenvalue weighted by Gasteiger charge is -2.13. The Morgan fingerprint density at radius 1 is 0.811 bits per heavy atom. The van der Waals surface area contributed by atoms with Gasteiger partial charge in [0.2, 0.25) is 5.88 Å². The summed E-state index contributed by atoms with van der Waals surface area (Å²) in [6, 6.07) is 17.7. The molecule has 0 unspecified atom stereocenters. The molecule has 0 fully saturated rings. The molecule has 3 N–H and O–H groups in total. The largest absolute Gasteiger partial charge is 0.337 e. The van der Waals surface area contributed by atoms with Crippen LogP contribution >= 0.6 is 15.9 Å². The second-order valence-electron chi connectivity index (χ2n) is 7.91. The van der Waals surface area contributed by atoms with Crippen LogP contribution in [0.3, 0.4) is 0 Å². The molecule has 10 nitrogen and oxygen atoms in total. The van der Waals surface area contributed by atoms with E-state index in [1.807, 2.05) is 0 Å². The fourth-order valence-electron chi connectivity index (χ4n) is 3.19. The summed E-state index contributed by atoms with van der Waals surface area (Å²) in [6.45, 7) is 3.37. The number of carbonyl (C=O) groups is 1. The number of nitrogens with zero attached hydrogens (tertiary/aromatic N) is 1. The first-order valence-corrected chi connectivity index (χ1v) is 14.5. The van der Waals surface area contributed by atoms with Gasteiger partial charge in [-0.2, -0.15) is 0 Å². The Kier molecular flexibility index (Phi) is 7.39. The third-order valence-electron chi connectivity index (χ3n) is 5.35. The van der Waals surface area contributed by atoms with Crippen molar-refractivity contribution in [3.8, 4) is 0 Å². The minimum atomic E-state index is -3.95. The van der Waals surface area contributed by atoms with Crippen LogP contribution in [0.1, 0.15) is 21.6 Å². The number of halogens is 1. The predicted octanol–water partition coefficient (Wildman–Crippen LogP) is 4.91. The maximum atomic E-state index is 13.0. The van der Waals surface area contributed by atoms with Crippen LogP contribution < -0.4 is 14.8 Å². The number of nitrogens with one attached hydrogen (secondary N) is 3. The standard InChI is InChI=1S/C24H21BrN4O6S2/c1-15-16(2)27-35-24(15)29-37(33,34)20-13-9-18(10-14-20)26-23(30)21-5-3-4-6-22(21)28-36(31,32)19-11-7-17(25)8-12-19/h3-14,28-29H,1-2H3,(H,26,30). The molecule has 0 saturated heterocycles. The van der Waals surface area contributed by atoms with E-state index in [4.69, 9.17) is 4.52 Å². The number of sulfonamides is 2. The highest BCUT2D eigenvalue weighted by atomic mass is 79.9. The summed E-state index contributed by atoms with van der Waals surface area (Å²) in [4.78, 5) is 12.9. The van der Waals surface area contributed by atoms with Crippen LogP contribution in [0.25, 0.3) is 0 Å². The Hall–Kier alpha value is -3.68. The van der Waals surface area contributed by atoms with Crippen molar-refractivity contribution in [2.24, 2.45) is 0 Å². The van der Waals surface area contributed by atoms with E-state index in [1.54, 1.807) is 38.1 Å². The summed E-state index contributed by atoms with van der Waals surface area (Å²) >= 11 is 3.26. The van der Waals surface area contributed by atoms with E-state index in [-0.39, 0.29) is 26.9 Å². The zero-order valence-electron chi connectivity index (χ0n) is 19.5. The number of aryl methyl sites for hydroxylation is 1. The number of anilines is 3. The average molecular weight is 605 g/mol. The molecule has 0 aliphatic carbocycles. The van der Waals surface area contributed by atoms with Crippen molar-refractivity contribution >= 4 is 59.1 Å². The van der Waals surface area contributed by atoms with Gasteiger partial charge in [0.15, 0.2) is 0 Å². The molecule has 37 heavy (non-hydrogen) atoms. The van der Waals surface area contributed by atoms with Gasteiger partial charge in [-0.25, -0.2) is 21.6 Å². The van der Waals surface area contributed by atoms with Crippen LogP contribution in [-0.2, 0) is 20.0 Å². The minimum absolute atomic E-state index is 0.0251. The molecule has 13 heteroatoms. The Balaban J connectivity index is 1.50. The average Bonchev–Trinajstić information content (AvgIpc) is 3.16. The quantitative estimate of drug-likeness (QED) is 0.259. The molecule has 4 aromatic rings. The van der Waals surface area contributed by atoms with Crippen molar-refractivity contribution < 1.29 is 26.2 Å². The molecule has 192 valence electrons. The highest BCUT2D eigenvalue weighted by Gasteiger charge is 2.21. The van der Waals surface area contributed by atoms with Crippen molar-refractivity contribution in [1.29, 1.82) is 0 Å². The lowest BCUT2D eigenvalue weighted by atomic mass is 10.1. The Morgan fingerprint density at radius 3 is 1.97 bits per heavy atom. The molecule has 0 spiro atoms. The number of aromatic nitrogens is 1. The highest BCUT2D eigenvalue weighted by Crippen LogP contribution is 2.25. The summed E-state index contributed by atoms with van der Waals surface area (Å²) in [7, 11) is -7.90. The molecule has 1 heterocycles. The summed E-state index contributed by atoms with van der Waals surface area (Å²) < 4.78 is 61.5. The van der Waals surface area contributed by atoms with Crippen LogP contribution in [0.2, 0.25) is 0 Å². The van der Waals surface area contributed by atoms with E-state index in [1.165, 1.54) is 48.5 Å². The van der Waals surface area contributed by atoms with Crippen molar-refractivity contribution in [2.45, 2.75) is 23.6 Å².